The first-order valence-electron chi connectivity index (χ1n) is 9.15. The van der Waals surface area contributed by atoms with E-state index < -0.39 is 0 Å². The number of hydrogen-bond acceptors (Lipinski definition) is 4. The number of hydrogen-bond donors (Lipinski definition) is 0. The van der Waals surface area contributed by atoms with Crippen molar-refractivity contribution < 1.29 is 0 Å². The van der Waals surface area contributed by atoms with Gasteiger partial charge in [-0.05, 0) is 23.3 Å². The molecule has 0 radical (unpaired) electrons. The molecule has 0 aliphatic heterocycles. The molecule has 2 heterocycles. The van der Waals surface area contributed by atoms with Gasteiger partial charge < -0.3 is 0 Å². The summed E-state index contributed by atoms with van der Waals surface area (Å²) in [6.45, 7) is 4.48. The number of nitriles is 1. The number of benzene rings is 2. The van der Waals surface area contributed by atoms with E-state index in [0.717, 1.165) is 27.3 Å². The summed E-state index contributed by atoms with van der Waals surface area (Å²) in [7, 11) is 0. The zero-order valence-electron chi connectivity index (χ0n) is 15.7. The molecule has 4 nitrogen and oxygen atoms in total. The average Bonchev–Trinajstić information content (AvgIpc) is 3.15. The van der Waals surface area contributed by atoms with Gasteiger partial charge in [0.25, 0.3) is 5.56 Å². The van der Waals surface area contributed by atoms with Crippen molar-refractivity contribution in [1.29, 1.82) is 5.26 Å². The Balaban J connectivity index is 1.93. The van der Waals surface area contributed by atoms with Gasteiger partial charge in [0, 0.05) is 16.9 Å². The highest BCUT2D eigenvalue weighted by atomic mass is 32.1. The van der Waals surface area contributed by atoms with Gasteiger partial charge in [-0.3, -0.25) is 9.36 Å². The second-order valence-electron chi connectivity index (χ2n) is 7.02. The van der Waals surface area contributed by atoms with Gasteiger partial charge in [-0.15, -0.1) is 11.3 Å². The summed E-state index contributed by atoms with van der Waals surface area (Å²) in [6, 6.07) is 19.5. The summed E-state index contributed by atoms with van der Waals surface area (Å²) >= 11 is 1.51. The Morgan fingerprint density at radius 2 is 1.93 bits per heavy atom. The van der Waals surface area contributed by atoms with Crippen molar-refractivity contribution in [3.63, 3.8) is 0 Å². The van der Waals surface area contributed by atoms with E-state index in [4.69, 9.17) is 4.98 Å². The maximum atomic E-state index is 13.5. The number of rotatable bonds is 4. The highest BCUT2D eigenvalue weighted by Crippen LogP contribution is 2.31. The van der Waals surface area contributed by atoms with Crippen LogP contribution < -0.4 is 5.56 Å². The van der Waals surface area contributed by atoms with Crippen LogP contribution in [0, 0.1) is 11.3 Å². The van der Waals surface area contributed by atoms with Crippen LogP contribution in [-0.2, 0) is 6.54 Å². The number of aromatic nitrogens is 2. The third-order valence-electron chi connectivity index (χ3n) is 4.72. The molecule has 0 saturated heterocycles. The first kappa shape index (κ1) is 18.1. The van der Waals surface area contributed by atoms with Crippen LogP contribution in [0.3, 0.4) is 0 Å². The zero-order chi connectivity index (χ0) is 19.7. The quantitative estimate of drug-likeness (QED) is 0.487. The van der Waals surface area contributed by atoms with Crippen molar-refractivity contribution in [2.75, 3.05) is 0 Å². The molecule has 2 aromatic carbocycles. The van der Waals surface area contributed by atoms with Gasteiger partial charge >= 0.3 is 0 Å². The van der Waals surface area contributed by atoms with Gasteiger partial charge in [-0.1, -0.05) is 56.3 Å². The highest BCUT2D eigenvalue weighted by Gasteiger charge is 2.18. The molecule has 138 valence electrons. The highest BCUT2D eigenvalue weighted by molar-refractivity contribution is 7.17. The summed E-state index contributed by atoms with van der Waals surface area (Å²) in [5, 5.41) is 11.8. The Morgan fingerprint density at radius 3 is 2.64 bits per heavy atom. The van der Waals surface area contributed by atoms with Crippen LogP contribution in [0.25, 0.3) is 21.3 Å². The van der Waals surface area contributed by atoms with Crippen LogP contribution in [0.5, 0.6) is 0 Å². The van der Waals surface area contributed by atoms with Gasteiger partial charge in [0.2, 0.25) is 0 Å². The largest absolute Gasteiger partial charge is 0.291 e. The summed E-state index contributed by atoms with van der Waals surface area (Å²) in [4.78, 5) is 19.1. The second-order valence-corrected chi connectivity index (χ2v) is 7.88. The van der Waals surface area contributed by atoms with Crippen LogP contribution >= 0.6 is 11.3 Å². The Bertz CT molecular complexity index is 1250. The molecule has 0 aliphatic carbocycles. The van der Waals surface area contributed by atoms with Crippen LogP contribution in [0.15, 0.2) is 64.8 Å². The number of thiophene rings is 1. The topological polar surface area (TPSA) is 58.7 Å². The molecule has 0 amide bonds. The van der Waals surface area contributed by atoms with Crippen molar-refractivity contribution in [2.24, 2.45) is 0 Å². The molecule has 0 saturated carbocycles. The SMILES string of the molecule is CC(C)c1nc2scc(-c3ccccc3)c2c(=O)n1Cc1cccc(C#N)c1. The lowest BCUT2D eigenvalue weighted by Crippen LogP contribution is -2.26. The first-order valence-corrected chi connectivity index (χ1v) is 10.0. The van der Waals surface area contributed by atoms with Crippen molar-refractivity contribution in [3.05, 3.63) is 87.3 Å². The molecule has 5 heteroatoms. The summed E-state index contributed by atoms with van der Waals surface area (Å²) in [5.41, 5.74) is 3.42. The third kappa shape index (κ3) is 3.23. The lowest BCUT2D eigenvalue weighted by Gasteiger charge is -2.15. The van der Waals surface area contributed by atoms with E-state index in [-0.39, 0.29) is 11.5 Å². The maximum absolute atomic E-state index is 13.5. The fourth-order valence-electron chi connectivity index (χ4n) is 3.39. The molecular weight excluding hydrogens is 366 g/mol. The predicted molar refractivity (Wildman–Crippen MR) is 114 cm³/mol. The van der Waals surface area contributed by atoms with Gasteiger partial charge in [-0.2, -0.15) is 5.26 Å². The predicted octanol–water partition coefficient (Wildman–Crippen LogP) is 5.17. The fourth-order valence-corrected chi connectivity index (χ4v) is 4.33. The minimum atomic E-state index is -0.0313. The fraction of sp³-hybridized carbons (Fsp3) is 0.174. The van der Waals surface area contributed by atoms with Gasteiger partial charge in [-0.25, -0.2) is 4.98 Å². The molecule has 0 fully saturated rings. The average molecular weight is 385 g/mol. The number of fused-ring (bicyclic) bond motifs is 1. The Hall–Kier alpha value is -3.23. The third-order valence-corrected chi connectivity index (χ3v) is 5.59. The smallest absolute Gasteiger partial charge is 0.263 e. The van der Waals surface area contributed by atoms with Crippen LogP contribution in [-0.4, -0.2) is 9.55 Å². The molecule has 4 aromatic rings. The summed E-state index contributed by atoms with van der Waals surface area (Å²) in [5.74, 6) is 0.875. The van der Waals surface area contributed by atoms with E-state index in [1.807, 2.05) is 67.8 Å². The Morgan fingerprint density at radius 1 is 1.14 bits per heavy atom. The Labute approximate surface area is 167 Å². The van der Waals surface area contributed by atoms with Crippen molar-refractivity contribution in [2.45, 2.75) is 26.3 Å². The van der Waals surface area contributed by atoms with E-state index in [1.54, 1.807) is 10.6 Å². The van der Waals surface area contributed by atoms with Crippen LogP contribution in [0.2, 0.25) is 0 Å². The van der Waals surface area contributed by atoms with Gasteiger partial charge in [0.05, 0.1) is 23.6 Å². The standard InChI is InChI=1S/C23H19N3OS/c1-15(2)21-25-22-20(19(14-28-22)18-9-4-3-5-10-18)23(27)26(21)13-17-8-6-7-16(11-17)12-24/h3-11,14-15H,13H2,1-2H3. The minimum absolute atomic E-state index is 0.0313. The molecule has 0 bridgehead atoms. The van der Waals surface area contributed by atoms with E-state index >= 15 is 0 Å². The molecule has 0 unspecified atom stereocenters. The van der Waals surface area contributed by atoms with Gasteiger partial charge in [0.15, 0.2) is 0 Å². The van der Waals surface area contributed by atoms with Gasteiger partial charge in [0.1, 0.15) is 10.7 Å². The molecule has 0 N–H and O–H groups in total. The maximum Gasteiger partial charge on any atom is 0.263 e. The molecule has 0 spiro atoms. The first-order chi connectivity index (χ1) is 13.6. The van der Waals surface area contributed by atoms with Crippen LogP contribution in [0.1, 0.15) is 36.7 Å². The molecule has 4 rings (SSSR count). The molecule has 0 atom stereocenters. The number of nitrogens with zero attached hydrogens (tertiary/aromatic N) is 3. The normalized spacial score (nSPS) is 11.1. The lowest BCUT2D eigenvalue weighted by atomic mass is 10.1. The monoisotopic (exact) mass is 385 g/mol. The van der Waals surface area contributed by atoms with Crippen molar-refractivity contribution >= 4 is 21.6 Å². The summed E-state index contributed by atoms with van der Waals surface area (Å²) in [6.07, 6.45) is 0. The lowest BCUT2D eigenvalue weighted by molar-refractivity contribution is 0.635. The van der Waals surface area contributed by atoms with Crippen molar-refractivity contribution in [1.82, 2.24) is 9.55 Å². The Kier molecular flexibility index (Phi) is 4.81. The molecular formula is C23H19N3OS. The van der Waals surface area contributed by atoms with E-state index in [9.17, 15) is 10.1 Å². The molecule has 0 aliphatic rings. The van der Waals surface area contributed by atoms with Crippen LogP contribution in [0.4, 0.5) is 0 Å². The second kappa shape index (κ2) is 7.41. The molecule has 28 heavy (non-hydrogen) atoms. The van der Waals surface area contributed by atoms with E-state index in [1.165, 1.54) is 11.3 Å². The minimum Gasteiger partial charge on any atom is -0.291 e. The zero-order valence-corrected chi connectivity index (χ0v) is 16.5. The summed E-state index contributed by atoms with van der Waals surface area (Å²) < 4.78 is 1.75. The van der Waals surface area contributed by atoms with Crippen molar-refractivity contribution in [3.8, 4) is 17.2 Å². The van der Waals surface area contributed by atoms with E-state index in [0.29, 0.717) is 17.5 Å². The molecule has 2 aromatic heterocycles. The van der Waals surface area contributed by atoms with E-state index in [2.05, 4.69) is 6.07 Å².